The highest BCUT2D eigenvalue weighted by Gasteiger charge is 2.16. The third-order valence-corrected chi connectivity index (χ3v) is 3.63. The molecule has 0 aliphatic carbocycles. The van der Waals surface area contributed by atoms with E-state index < -0.39 is 0 Å². The Labute approximate surface area is 138 Å². The molecule has 3 rings (SSSR count). The molecule has 0 radical (unpaired) electrons. The average Bonchev–Trinajstić information content (AvgIpc) is 3.02. The van der Waals surface area contributed by atoms with Gasteiger partial charge in [0.1, 0.15) is 18.1 Å². The van der Waals surface area contributed by atoms with Crippen molar-refractivity contribution in [3.63, 3.8) is 0 Å². The molecule has 1 fully saturated rings. The molecule has 1 aliphatic rings. The Morgan fingerprint density at radius 2 is 2.17 bits per heavy atom. The van der Waals surface area contributed by atoms with Gasteiger partial charge >= 0.3 is 0 Å². The van der Waals surface area contributed by atoms with Crippen LogP contribution >= 0.6 is 12.2 Å². The van der Waals surface area contributed by atoms with Gasteiger partial charge in [0, 0.05) is 26.1 Å². The fraction of sp³-hybridized carbons (Fsp3) is 0.400. The minimum atomic E-state index is -0.285. The van der Waals surface area contributed by atoms with Crippen molar-refractivity contribution >= 4 is 23.0 Å². The first kappa shape index (κ1) is 15.8. The highest BCUT2D eigenvalue weighted by molar-refractivity contribution is 7.80. The number of aromatic nitrogens is 3. The molecule has 122 valence electrons. The van der Waals surface area contributed by atoms with Crippen molar-refractivity contribution < 1.29 is 13.9 Å². The molecule has 1 aromatic carbocycles. The van der Waals surface area contributed by atoms with Crippen molar-refractivity contribution in [2.45, 2.75) is 13.5 Å². The fourth-order valence-corrected chi connectivity index (χ4v) is 2.42. The summed E-state index contributed by atoms with van der Waals surface area (Å²) < 4.78 is 26.4. The van der Waals surface area contributed by atoms with Gasteiger partial charge in [-0.25, -0.2) is 9.07 Å². The number of nitrogens with zero attached hydrogens (tertiary/aromatic N) is 4. The Morgan fingerprint density at radius 3 is 2.87 bits per heavy atom. The number of ether oxygens (including phenoxy) is 2. The molecule has 8 heteroatoms. The summed E-state index contributed by atoms with van der Waals surface area (Å²) in [5.74, 6) is -0.285. The van der Waals surface area contributed by atoms with E-state index in [1.165, 1.54) is 10.7 Å². The van der Waals surface area contributed by atoms with Crippen LogP contribution in [0.15, 0.2) is 24.4 Å². The van der Waals surface area contributed by atoms with Crippen molar-refractivity contribution in [3.8, 4) is 5.69 Å². The van der Waals surface area contributed by atoms with Crippen LogP contribution in [-0.2, 0) is 16.1 Å². The smallest absolute Gasteiger partial charge is 0.157 e. The Hall–Kier alpha value is -2.06. The van der Waals surface area contributed by atoms with Crippen LogP contribution in [0.4, 0.5) is 10.1 Å². The predicted octanol–water partition coefficient (Wildman–Crippen LogP) is 2.11. The Bertz CT molecular complexity index is 701. The first-order valence-electron chi connectivity index (χ1n) is 7.30. The van der Waals surface area contributed by atoms with Gasteiger partial charge in [0.2, 0.25) is 0 Å². The van der Waals surface area contributed by atoms with Crippen LogP contribution in [0.3, 0.4) is 0 Å². The Balaban J connectivity index is 1.75. The zero-order chi connectivity index (χ0) is 16.2. The van der Waals surface area contributed by atoms with Crippen molar-refractivity contribution in [2.24, 2.45) is 0 Å². The van der Waals surface area contributed by atoms with E-state index >= 15 is 0 Å². The molecule has 23 heavy (non-hydrogen) atoms. The fourth-order valence-electron chi connectivity index (χ4n) is 2.37. The number of anilines is 1. The lowest BCUT2D eigenvalue weighted by Crippen LogP contribution is -2.36. The van der Waals surface area contributed by atoms with Gasteiger partial charge < -0.3 is 14.4 Å². The van der Waals surface area contributed by atoms with Gasteiger partial charge in [0.25, 0.3) is 0 Å². The molecule has 6 nitrogen and oxygen atoms in total. The summed E-state index contributed by atoms with van der Waals surface area (Å²) >= 11 is 4.85. The first-order chi connectivity index (χ1) is 11.1. The summed E-state index contributed by atoms with van der Waals surface area (Å²) in [6, 6.07) is 5.03. The SMILES string of the molecule is CC(=S)OCc1cn(-c2ccc(N3CCOCC3)c(F)c2)nn1. The summed E-state index contributed by atoms with van der Waals surface area (Å²) in [4.78, 5) is 1.98. The van der Waals surface area contributed by atoms with E-state index in [4.69, 9.17) is 21.7 Å². The van der Waals surface area contributed by atoms with Gasteiger partial charge in [-0.3, -0.25) is 0 Å². The molecule has 1 aliphatic heterocycles. The van der Waals surface area contributed by atoms with Crippen LogP contribution < -0.4 is 4.90 Å². The van der Waals surface area contributed by atoms with Crippen LogP contribution in [0.1, 0.15) is 12.6 Å². The van der Waals surface area contributed by atoms with Crippen molar-refractivity contribution in [2.75, 3.05) is 31.2 Å². The number of morpholine rings is 1. The summed E-state index contributed by atoms with van der Waals surface area (Å²) in [6.45, 7) is 4.57. The van der Waals surface area contributed by atoms with E-state index in [0.29, 0.717) is 48.4 Å². The van der Waals surface area contributed by atoms with Gasteiger partial charge in [0.05, 0.1) is 30.8 Å². The molecule has 0 unspecified atom stereocenters. The lowest BCUT2D eigenvalue weighted by Gasteiger charge is -2.29. The quantitative estimate of drug-likeness (QED) is 0.797. The molecule has 1 aromatic heterocycles. The van der Waals surface area contributed by atoms with Gasteiger partial charge in [-0.15, -0.1) is 5.10 Å². The average molecular weight is 336 g/mol. The lowest BCUT2D eigenvalue weighted by molar-refractivity contribution is 0.122. The minimum Gasteiger partial charge on any atom is -0.481 e. The second kappa shape index (κ2) is 7.01. The predicted molar refractivity (Wildman–Crippen MR) is 87.4 cm³/mol. The summed E-state index contributed by atoms with van der Waals surface area (Å²) in [5, 5.41) is 8.42. The molecule has 0 bridgehead atoms. The van der Waals surface area contributed by atoms with E-state index in [2.05, 4.69) is 10.3 Å². The van der Waals surface area contributed by atoms with Crippen LogP contribution in [-0.4, -0.2) is 46.3 Å². The molecule has 0 spiro atoms. The van der Waals surface area contributed by atoms with Gasteiger partial charge in [-0.2, -0.15) is 0 Å². The third kappa shape index (κ3) is 3.83. The number of hydrogen-bond donors (Lipinski definition) is 0. The maximum atomic E-state index is 14.4. The maximum absolute atomic E-state index is 14.4. The lowest BCUT2D eigenvalue weighted by atomic mass is 10.2. The van der Waals surface area contributed by atoms with E-state index in [1.807, 2.05) is 11.0 Å². The monoisotopic (exact) mass is 336 g/mol. The molecule has 1 saturated heterocycles. The Kier molecular flexibility index (Phi) is 4.82. The van der Waals surface area contributed by atoms with E-state index in [9.17, 15) is 4.39 Å². The van der Waals surface area contributed by atoms with E-state index in [1.54, 1.807) is 19.2 Å². The third-order valence-electron chi connectivity index (χ3n) is 3.51. The van der Waals surface area contributed by atoms with Crippen molar-refractivity contribution in [1.29, 1.82) is 0 Å². The standard InChI is InChI=1S/C15H17FN4O2S/c1-11(23)22-10-12-9-20(18-17-12)13-2-3-15(14(16)8-13)19-4-6-21-7-5-19/h2-3,8-9H,4-7,10H2,1H3. The minimum absolute atomic E-state index is 0.254. The van der Waals surface area contributed by atoms with Crippen molar-refractivity contribution in [1.82, 2.24) is 15.0 Å². The zero-order valence-electron chi connectivity index (χ0n) is 12.7. The second-order valence-electron chi connectivity index (χ2n) is 5.17. The molecule has 0 N–H and O–H groups in total. The zero-order valence-corrected chi connectivity index (χ0v) is 13.6. The molecule has 0 amide bonds. The molecular weight excluding hydrogens is 319 g/mol. The summed E-state index contributed by atoms with van der Waals surface area (Å²) in [5.41, 5.74) is 1.82. The summed E-state index contributed by atoms with van der Waals surface area (Å²) in [7, 11) is 0. The van der Waals surface area contributed by atoms with Gasteiger partial charge in [-0.1, -0.05) is 5.21 Å². The largest absolute Gasteiger partial charge is 0.481 e. The number of hydrogen-bond acceptors (Lipinski definition) is 6. The number of rotatable bonds is 4. The summed E-state index contributed by atoms with van der Waals surface area (Å²) in [6.07, 6.45) is 1.70. The molecule has 0 atom stereocenters. The van der Waals surface area contributed by atoms with E-state index in [0.717, 1.165) is 0 Å². The first-order valence-corrected chi connectivity index (χ1v) is 7.71. The second-order valence-corrected chi connectivity index (χ2v) is 5.74. The highest BCUT2D eigenvalue weighted by atomic mass is 32.1. The number of benzene rings is 1. The highest BCUT2D eigenvalue weighted by Crippen LogP contribution is 2.23. The van der Waals surface area contributed by atoms with E-state index in [-0.39, 0.29) is 12.4 Å². The number of halogens is 1. The van der Waals surface area contributed by atoms with Crippen molar-refractivity contribution in [3.05, 3.63) is 35.9 Å². The van der Waals surface area contributed by atoms with Crippen LogP contribution in [0.5, 0.6) is 0 Å². The maximum Gasteiger partial charge on any atom is 0.157 e. The molecule has 0 saturated carbocycles. The topological polar surface area (TPSA) is 52.4 Å². The number of thiocarbonyl (C=S) groups is 1. The normalized spacial score (nSPS) is 14.8. The molecule has 2 aromatic rings. The van der Waals surface area contributed by atoms with Crippen LogP contribution in [0, 0.1) is 5.82 Å². The van der Waals surface area contributed by atoms with Gasteiger partial charge in [-0.05, 0) is 24.4 Å². The Morgan fingerprint density at radius 1 is 1.39 bits per heavy atom. The van der Waals surface area contributed by atoms with Crippen LogP contribution in [0.2, 0.25) is 0 Å². The van der Waals surface area contributed by atoms with Gasteiger partial charge in [0.15, 0.2) is 5.05 Å². The molecular formula is C15H17FN4O2S. The van der Waals surface area contributed by atoms with Crippen LogP contribution in [0.25, 0.3) is 5.69 Å². The molecule has 2 heterocycles.